The first-order valence-electron chi connectivity index (χ1n) is 7.87. The Kier molecular flexibility index (Phi) is 3.93. The minimum absolute atomic E-state index is 0.477. The molecule has 0 spiro atoms. The van der Waals surface area contributed by atoms with Crippen molar-refractivity contribution in [2.24, 2.45) is 0 Å². The highest BCUT2D eigenvalue weighted by Crippen LogP contribution is 2.17. The summed E-state index contributed by atoms with van der Waals surface area (Å²) < 4.78 is 21.1. The number of aryl methyl sites for hydroxylation is 2. The fourth-order valence-corrected chi connectivity index (χ4v) is 2.57. The van der Waals surface area contributed by atoms with Gasteiger partial charge in [0.25, 0.3) is 0 Å². The molecule has 128 valence electrons. The topological polar surface area (TPSA) is 104 Å². The Morgan fingerprint density at radius 2 is 0.960 bits per heavy atom. The molecule has 0 saturated carbocycles. The fourth-order valence-electron chi connectivity index (χ4n) is 2.57. The van der Waals surface area contributed by atoms with Crippen molar-refractivity contribution in [3.63, 3.8) is 0 Å². The van der Waals surface area contributed by atoms with E-state index in [9.17, 15) is 0 Å². The molecule has 0 aliphatic carbocycles. The summed E-state index contributed by atoms with van der Waals surface area (Å²) in [6, 6.07) is 7.50. The predicted octanol–water partition coefficient (Wildman–Crippen LogP) is 3.03. The Balaban J connectivity index is 1.39. The maximum absolute atomic E-state index is 5.35. The van der Waals surface area contributed by atoms with Gasteiger partial charge in [-0.25, -0.2) is 0 Å². The molecule has 0 aliphatic heterocycles. The van der Waals surface area contributed by atoms with E-state index < -0.39 is 0 Å². The lowest BCUT2D eigenvalue weighted by Crippen LogP contribution is -1.85. The molecule has 0 amide bonds. The zero-order chi connectivity index (χ0) is 17.2. The summed E-state index contributed by atoms with van der Waals surface area (Å²) in [7, 11) is 0. The monoisotopic (exact) mass is 340 g/mol. The third-order valence-corrected chi connectivity index (χ3v) is 3.63. The minimum atomic E-state index is 0.477. The molecule has 4 heterocycles. The Hall–Kier alpha value is -3.16. The number of hydrogen-bond acceptors (Lipinski definition) is 8. The first-order valence-corrected chi connectivity index (χ1v) is 7.87. The van der Waals surface area contributed by atoms with Crippen LogP contribution in [0, 0.1) is 13.8 Å². The van der Waals surface area contributed by atoms with Gasteiger partial charge in [0.2, 0.25) is 0 Å². The maximum atomic E-state index is 5.35. The van der Waals surface area contributed by atoms with Crippen LogP contribution < -0.4 is 0 Å². The quantitative estimate of drug-likeness (QED) is 0.527. The van der Waals surface area contributed by atoms with Crippen molar-refractivity contribution in [2.75, 3.05) is 0 Å². The molecule has 8 nitrogen and oxygen atoms in total. The van der Waals surface area contributed by atoms with E-state index in [0.717, 1.165) is 34.3 Å². The summed E-state index contributed by atoms with van der Waals surface area (Å²) in [5.74, 6) is 2.90. The molecule has 0 radical (unpaired) electrons. The normalized spacial score (nSPS) is 11.3. The Bertz CT molecular complexity index is 900. The van der Waals surface area contributed by atoms with Crippen molar-refractivity contribution in [1.82, 2.24) is 20.6 Å². The van der Waals surface area contributed by atoms with E-state index in [2.05, 4.69) is 20.6 Å². The Morgan fingerprint density at radius 1 is 0.560 bits per heavy atom. The lowest BCUT2D eigenvalue weighted by molar-refractivity contribution is 0.346. The number of nitrogens with zero attached hydrogens (tertiary/aromatic N) is 4. The molecule has 0 aromatic carbocycles. The highest BCUT2D eigenvalue weighted by Gasteiger charge is 2.13. The van der Waals surface area contributed by atoms with Crippen LogP contribution in [0.25, 0.3) is 0 Å². The van der Waals surface area contributed by atoms with Gasteiger partial charge in [0, 0.05) is 24.3 Å². The van der Waals surface area contributed by atoms with Crippen molar-refractivity contribution in [3.8, 4) is 0 Å². The molecule has 4 rings (SSSR count). The van der Waals surface area contributed by atoms with Gasteiger partial charge in [-0.1, -0.05) is 20.6 Å². The van der Waals surface area contributed by atoms with Gasteiger partial charge in [-0.2, -0.15) is 0 Å². The van der Waals surface area contributed by atoms with E-state index >= 15 is 0 Å². The zero-order valence-electron chi connectivity index (χ0n) is 13.9. The van der Waals surface area contributed by atoms with Crippen molar-refractivity contribution in [2.45, 2.75) is 33.1 Å². The fraction of sp³-hybridized carbons (Fsp3) is 0.294. The molecular formula is C17H16N4O4. The van der Waals surface area contributed by atoms with Gasteiger partial charge < -0.3 is 18.1 Å². The zero-order valence-corrected chi connectivity index (χ0v) is 13.9. The first kappa shape index (κ1) is 15.4. The standard InChI is InChI=1S/C17H16N4O4/c1-10-3-14(22-18-10)5-12-7-16(24-20-12)9-17-8-13(21-25-17)6-15-4-11(2)19-23-15/h3-4,7-8H,5-6,9H2,1-2H3. The van der Waals surface area contributed by atoms with Crippen LogP contribution in [0.1, 0.15) is 45.8 Å². The van der Waals surface area contributed by atoms with Crippen LogP contribution in [0.2, 0.25) is 0 Å². The summed E-state index contributed by atoms with van der Waals surface area (Å²) in [5, 5.41) is 15.8. The molecule has 4 aromatic rings. The Labute approximate surface area is 142 Å². The van der Waals surface area contributed by atoms with Crippen molar-refractivity contribution in [1.29, 1.82) is 0 Å². The van der Waals surface area contributed by atoms with Gasteiger partial charge in [-0.15, -0.1) is 0 Å². The van der Waals surface area contributed by atoms with Crippen LogP contribution in [-0.2, 0) is 19.3 Å². The maximum Gasteiger partial charge on any atom is 0.144 e. The molecule has 0 N–H and O–H groups in total. The SMILES string of the molecule is Cc1cc(Cc2cc(Cc3cc(Cc4cc(C)no4)no3)on2)on1. The van der Waals surface area contributed by atoms with Gasteiger partial charge in [0.15, 0.2) is 0 Å². The van der Waals surface area contributed by atoms with Crippen molar-refractivity contribution in [3.05, 3.63) is 70.1 Å². The highest BCUT2D eigenvalue weighted by molar-refractivity contribution is 5.20. The lowest BCUT2D eigenvalue weighted by atomic mass is 10.2. The smallest absolute Gasteiger partial charge is 0.144 e. The average Bonchev–Trinajstić information content (AvgIpc) is 3.33. The van der Waals surface area contributed by atoms with E-state index in [1.807, 2.05) is 38.1 Å². The van der Waals surface area contributed by atoms with E-state index in [4.69, 9.17) is 18.1 Å². The number of hydrogen-bond donors (Lipinski definition) is 0. The summed E-state index contributed by atoms with van der Waals surface area (Å²) in [4.78, 5) is 0. The van der Waals surface area contributed by atoms with Gasteiger partial charge in [-0.05, 0) is 13.8 Å². The Morgan fingerprint density at radius 3 is 1.36 bits per heavy atom. The second kappa shape index (κ2) is 6.39. The average molecular weight is 340 g/mol. The largest absolute Gasteiger partial charge is 0.361 e. The van der Waals surface area contributed by atoms with Gasteiger partial charge in [0.05, 0.1) is 42.0 Å². The van der Waals surface area contributed by atoms with Crippen molar-refractivity contribution >= 4 is 0 Å². The van der Waals surface area contributed by atoms with E-state index in [-0.39, 0.29) is 0 Å². The highest BCUT2D eigenvalue weighted by atomic mass is 16.5. The van der Waals surface area contributed by atoms with E-state index in [1.54, 1.807) is 0 Å². The number of rotatable bonds is 6. The number of aromatic nitrogens is 4. The molecule has 0 atom stereocenters. The van der Waals surface area contributed by atoms with Gasteiger partial charge >= 0.3 is 0 Å². The van der Waals surface area contributed by atoms with Crippen LogP contribution in [0.5, 0.6) is 0 Å². The van der Waals surface area contributed by atoms with Gasteiger partial charge in [0.1, 0.15) is 23.0 Å². The predicted molar refractivity (Wildman–Crippen MR) is 83.9 cm³/mol. The third-order valence-electron chi connectivity index (χ3n) is 3.63. The van der Waals surface area contributed by atoms with Crippen molar-refractivity contribution < 1.29 is 18.1 Å². The second-order valence-electron chi connectivity index (χ2n) is 5.97. The first-order chi connectivity index (χ1) is 12.1. The summed E-state index contributed by atoms with van der Waals surface area (Å²) in [5.41, 5.74) is 3.25. The van der Waals surface area contributed by atoms with Gasteiger partial charge in [-0.3, -0.25) is 0 Å². The summed E-state index contributed by atoms with van der Waals surface area (Å²) in [6.07, 6.45) is 1.55. The molecule has 4 aromatic heterocycles. The summed E-state index contributed by atoms with van der Waals surface area (Å²) in [6.45, 7) is 3.76. The van der Waals surface area contributed by atoms with E-state index in [0.29, 0.717) is 30.8 Å². The third kappa shape index (κ3) is 3.68. The van der Waals surface area contributed by atoms with Crippen LogP contribution >= 0.6 is 0 Å². The molecular weight excluding hydrogens is 324 g/mol. The molecule has 0 bridgehead atoms. The van der Waals surface area contributed by atoms with Crippen LogP contribution in [0.4, 0.5) is 0 Å². The molecule has 0 fully saturated rings. The molecule has 0 aliphatic rings. The van der Waals surface area contributed by atoms with Crippen LogP contribution in [0.3, 0.4) is 0 Å². The second-order valence-corrected chi connectivity index (χ2v) is 5.97. The lowest BCUT2D eigenvalue weighted by Gasteiger charge is -1.88. The van der Waals surface area contributed by atoms with Crippen LogP contribution in [0.15, 0.2) is 42.4 Å². The molecule has 0 unspecified atom stereocenters. The van der Waals surface area contributed by atoms with Crippen LogP contribution in [-0.4, -0.2) is 20.6 Å². The minimum Gasteiger partial charge on any atom is -0.361 e. The van der Waals surface area contributed by atoms with E-state index in [1.165, 1.54) is 0 Å². The summed E-state index contributed by atoms with van der Waals surface area (Å²) >= 11 is 0. The molecule has 8 heteroatoms. The molecule has 25 heavy (non-hydrogen) atoms. The molecule has 0 saturated heterocycles.